The molecule has 1 heterocycles. The Kier molecular flexibility index (Phi) is 4.20. The van der Waals surface area contributed by atoms with Gasteiger partial charge >= 0.3 is 0 Å². The van der Waals surface area contributed by atoms with E-state index in [0.717, 1.165) is 17.7 Å². The molecule has 2 fully saturated rings. The van der Waals surface area contributed by atoms with Gasteiger partial charge in [-0.2, -0.15) is 0 Å². The van der Waals surface area contributed by atoms with Crippen molar-refractivity contribution in [3.63, 3.8) is 0 Å². The van der Waals surface area contributed by atoms with Gasteiger partial charge in [-0.05, 0) is 18.9 Å². The molecule has 1 saturated heterocycles. The molecule has 1 saturated carbocycles. The number of hydrogen-bond acceptors (Lipinski definition) is 3. The zero-order valence-corrected chi connectivity index (χ0v) is 12.6. The van der Waals surface area contributed by atoms with Crippen molar-refractivity contribution in [1.29, 1.82) is 0 Å². The molecule has 2 amide bonds. The Morgan fingerprint density at radius 2 is 1.71 bits per heavy atom. The molecule has 1 aromatic rings. The Hall–Kier alpha value is -2.16. The van der Waals surface area contributed by atoms with E-state index in [0.29, 0.717) is 12.6 Å². The second kappa shape index (κ2) is 6.04. The average Bonchev–Trinajstić information content (AvgIpc) is 3.40. The highest BCUT2D eigenvalue weighted by atomic mass is 19.2. The number of nitrogens with two attached hydrogens (primary N) is 1. The highest BCUT2D eigenvalue weighted by Crippen LogP contribution is 2.31. The topological polar surface area (TPSA) is 66.6 Å². The van der Waals surface area contributed by atoms with E-state index in [2.05, 4.69) is 0 Å². The van der Waals surface area contributed by atoms with Crippen LogP contribution in [-0.2, 0) is 4.79 Å². The first kappa shape index (κ1) is 16.7. The molecule has 2 N–H and O–H groups in total. The number of carbonyl (C=O) groups excluding carboxylic acids is 2. The Balaban J connectivity index is 1.84. The fourth-order valence-corrected chi connectivity index (χ4v) is 2.98. The number of nitrogens with zero attached hydrogens (tertiary/aromatic N) is 2. The van der Waals surface area contributed by atoms with Gasteiger partial charge in [-0.1, -0.05) is 0 Å². The lowest BCUT2D eigenvalue weighted by atomic mass is 10.1. The van der Waals surface area contributed by atoms with Crippen LogP contribution in [0.3, 0.4) is 0 Å². The number of primary amides is 1. The molecular formula is C15H15F4N3O2. The zero-order chi connectivity index (χ0) is 17.6. The third-order valence-electron chi connectivity index (χ3n) is 4.39. The molecule has 1 atom stereocenters. The summed E-state index contributed by atoms with van der Waals surface area (Å²) < 4.78 is 53.4. The molecule has 0 bridgehead atoms. The molecule has 0 aromatic heterocycles. The lowest BCUT2D eigenvalue weighted by Crippen LogP contribution is -2.60. The molecule has 1 aliphatic heterocycles. The summed E-state index contributed by atoms with van der Waals surface area (Å²) in [5.74, 6) is -9.05. The zero-order valence-electron chi connectivity index (χ0n) is 12.6. The Labute approximate surface area is 135 Å². The molecule has 1 unspecified atom stereocenters. The number of piperazine rings is 1. The van der Waals surface area contributed by atoms with Crippen LogP contribution in [0.15, 0.2) is 6.07 Å². The minimum absolute atomic E-state index is 0.106. The number of hydrogen-bond donors (Lipinski definition) is 1. The number of halogens is 4. The summed E-state index contributed by atoms with van der Waals surface area (Å²) in [6, 6.07) is -0.187. The summed E-state index contributed by atoms with van der Waals surface area (Å²) in [6.07, 6.45) is 1.86. The van der Waals surface area contributed by atoms with Gasteiger partial charge in [0, 0.05) is 25.7 Å². The molecule has 1 aromatic carbocycles. The van der Waals surface area contributed by atoms with Crippen molar-refractivity contribution in [2.45, 2.75) is 24.9 Å². The van der Waals surface area contributed by atoms with Crippen LogP contribution in [0.5, 0.6) is 0 Å². The summed E-state index contributed by atoms with van der Waals surface area (Å²) in [7, 11) is 0. The second-order valence-corrected chi connectivity index (χ2v) is 5.99. The molecule has 2 aliphatic rings. The highest BCUT2D eigenvalue weighted by Gasteiger charge is 2.41. The van der Waals surface area contributed by atoms with Crippen molar-refractivity contribution in [2.24, 2.45) is 5.73 Å². The normalized spacial score (nSPS) is 21.8. The first-order valence-electron chi connectivity index (χ1n) is 7.48. The molecule has 3 rings (SSSR count). The predicted molar refractivity (Wildman–Crippen MR) is 74.9 cm³/mol. The summed E-state index contributed by atoms with van der Waals surface area (Å²) in [5, 5.41) is 0. The number of rotatable bonds is 3. The lowest BCUT2D eigenvalue weighted by molar-refractivity contribution is -0.125. The fraction of sp³-hybridized carbons (Fsp3) is 0.467. The second-order valence-electron chi connectivity index (χ2n) is 5.99. The largest absolute Gasteiger partial charge is 0.368 e. The summed E-state index contributed by atoms with van der Waals surface area (Å²) in [6.45, 7) is 0.391. The van der Waals surface area contributed by atoms with Crippen molar-refractivity contribution in [2.75, 3.05) is 19.6 Å². The quantitative estimate of drug-likeness (QED) is 0.505. The smallest absolute Gasteiger partial charge is 0.257 e. The summed E-state index contributed by atoms with van der Waals surface area (Å²) in [5.41, 5.74) is 4.45. The van der Waals surface area contributed by atoms with Crippen LogP contribution in [0.25, 0.3) is 0 Å². The van der Waals surface area contributed by atoms with E-state index in [9.17, 15) is 27.2 Å². The molecule has 5 nitrogen and oxygen atoms in total. The maximum absolute atomic E-state index is 13.8. The standard InChI is InChI=1S/C15H15F4N3O2/c16-9-5-8(11(17)13(19)12(9)18)15(24)21-3-4-22(7-1-2-7)10(6-21)14(20)23/h5,7,10H,1-4,6H2,(H2,20,23). The lowest BCUT2D eigenvalue weighted by Gasteiger charge is -2.40. The summed E-state index contributed by atoms with van der Waals surface area (Å²) >= 11 is 0. The van der Waals surface area contributed by atoms with Gasteiger partial charge in [0.05, 0.1) is 5.56 Å². The first-order chi connectivity index (χ1) is 11.3. The van der Waals surface area contributed by atoms with Crippen molar-refractivity contribution in [3.05, 3.63) is 34.9 Å². The molecule has 1 aliphatic carbocycles. The molecule has 24 heavy (non-hydrogen) atoms. The van der Waals surface area contributed by atoms with Gasteiger partial charge in [-0.3, -0.25) is 14.5 Å². The Bertz CT molecular complexity index is 708. The maximum atomic E-state index is 13.8. The first-order valence-corrected chi connectivity index (χ1v) is 7.48. The maximum Gasteiger partial charge on any atom is 0.257 e. The molecule has 9 heteroatoms. The molecule has 130 valence electrons. The monoisotopic (exact) mass is 345 g/mol. The molecule has 0 radical (unpaired) electrons. The van der Waals surface area contributed by atoms with E-state index in [1.807, 2.05) is 4.90 Å². The third kappa shape index (κ3) is 2.83. The van der Waals surface area contributed by atoms with E-state index in [1.165, 1.54) is 0 Å². The minimum atomic E-state index is -2.04. The van der Waals surface area contributed by atoms with E-state index < -0.39 is 46.7 Å². The van der Waals surface area contributed by atoms with E-state index in [4.69, 9.17) is 5.73 Å². The predicted octanol–water partition coefficient (Wildman–Crippen LogP) is 1.02. The van der Waals surface area contributed by atoms with Crippen LogP contribution in [0.4, 0.5) is 17.6 Å². The number of carbonyl (C=O) groups is 2. The highest BCUT2D eigenvalue weighted by molar-refractivity contribution is 5.95. The van der Waals surface area contributed by atoms with Crippen LogP contribution in [0, 0.1) is 23.3 Å². The molecule has 0 spiro atoms. The van der Waals surface area contributed by atoms with Gasteiger partial charge in [-0.15, -0.1) is 0 Å². The van der Waals surface area contributed by atoms with Crippen molar-refractivity contribution < 1.29 is 27.2 Å². The van der Waals surface area contributed by atoms with E-state index in [-0.39, 0.29) is 19.1 Å². The fourth-order valence-electron chi connectivity index (χ4n) is 2.98. The van der Waals surface area contributed by atoms with E-state index >= 15 is 0 Å². The third-order valence-corrected chi connectivity index (χ3v) is 4.39. The summed E-state index contributed by atoms with van der Waals surface area (Å²) in [4.78, 5) is 27.0. The SMILES string of the molecule is NC(=O)C1CN(C(=O)c2cc(F)c(F)c(F)c2F)CCN1C1CC1. The van der Waals surface area contributed by atoms with Crippen LogP contribution < -0.4 is 5.73 Å². The Morgan fingerprint density at radius 3 is 2.29 bits per heavy atom. The van der Waals surface area contributed by atoms with Gasteiger partial charge in [-0.25, -0.2) is 17.6 Å². The van der Waals surface area contributed by atoms with Gasteiger partial charge in [0.15, 0.2) is 23.3 Å². The Morgan fingerprint density at radius 1 is 1.04 bits per heavy atom. The van der Waals surface area contributed by atoms with Crippen LogP contribution in [0.2, 0.25) is 0 Å². The average molecular weight is 345 g/mol. The number of amides is 2. The van der Waals surface area contributed by atoms with Gasteiger partial charge < -0.3 is 10.6 Å². The van der Waals surface area contributed by atoms with Crippen LogP contribution >= 0.6 is 0 Å². The van der Waals surface area contributed by atoms with Crippen LogP contribution in [-0.4, -0.2) is 53.3 Å². The van der Waals surface area contributed by atoms with E-state index in [1.54, 1.807) is 0 Å². The number of benzene rings is 1. The van der Waals surface area contributed by atoms with Crippen molar-refractivity contribution in [1.82, 2.24) is 9.80 Å². The van der Waals surface area contributed by atoms with Gasteiger partial charge in [0.25, 0.3) is 5.91 Å². The van der Waals surface area contributed by atoms with Crippen molar-refractivity contribution >= 4 is 11.8 Å². The van der Waals surface area contributed by atoms with Crippen molar-refractivity contribution in [3.8, 4) is 0 Å². The van der Waals surface area contributed by atoms with Gasteiger partial charge in [0.1, 0.15) is 6.04 Å². The van der Waals surface area contributed by atoms with Crippen LogP contribution in [0.1, 0.15) is 23.2 Å². The minimum Gasteiger partial charge on any atom is -0.368 e. The van der Waals surface area contributed by atoms with Gasteiger partial charge in [0.2, 0.25) is 5.91 Å². The molecular weight excluding hydrogens is 330 g/mol.